The van der Waals surface area contributed by atoms with Gasteiger partial charge in [-0.2, -0.15) is 0 Å². The Hall–Kier alpha value is -2.11. The summed E-state index contributed by atoms with van der Waals surface area (Å²) in [5, 5.41) is 3.68. The van der Waals surface area contributed by atoms with Crippen LogP contribution in [0.4, 0.5) is 4.39 Å². The molecule has 1 unspecified atom stereocenters. The lowest BCUT2D eigenvalue weighted by atomic mass is 10.1. The van der Waals surface area contributed by atoms with Crippen LogP contribution < -0.4 is 5.32 Å². The maximum atomic E-state index is 14.1. The Morgan fingerprint density at radius 3 is 2.47 bits per heavy atom. The molecule has 0 fully saturated rings. The molecule has 2 aromatic rings. The summed E-state index contributed by atoms with van der Waals surface area (Å²) in [5.41, 5.74) is 1.04. The number of carbonyl (C=O) groups is 2. The molecule has 2 amide bonds. The average Bonchev–Trinajstić information content (AvgIpc) is 2.72. The third-order valence-electron chi connectivity index (χ3n) is 4.85. The molecule has 0 aliphatic carbocycles. The van der Waals surface area contributed by atoms with Gasteiger partial charge in [0.25, 0.3) is 0 Å². The number of rotatable bonds is 10. The van der Waals surface area contributed by atoms with Gasteiger partial charge in [0, 0.05) is 13.1 Å². The third kappa shape index (κ3) is 6.71. The normalized spacial score (nSPS) is 11.8. The average molecular weight is 453 g/mol. The van der Waals surface area contributed by atoms with E-state index in [1.807, 2.05) is 13.8 Å². The Labute approximate surface area is 187 Å². The molecular weight excluding hydrogens is 426 g/mol. The van der Waals surface area contributed by atoms with Crippen LogP contribution in [0.3, 0.4) is 0 Å². The van der Waals surface area contributed by atoms with Crippen LogP contribution in [-0.4, -0.2) is 29.3 Å². The van der Waals surface area contributed by atoms with Crippen molar-refractivity contribution in [3.63, 3.8) is 0 Å². The van der Waals surface area contributed by atoms with Gasteiger partial charge in [-0.3, -0.25) is 9.59 Å². The van der Waals surface area contributed by atoms with Gasteiger partial charge in [0.05, 0.1) is 16.5 Å². The fourth-order valence-electron chi connectivity index (χ4n) is 3.17. The molecule has 0 saturated heterocycles. The molecule has 0 aromatic heterocycles. The minimum Gasteiger partial charge on any atom is -0.354 e. The van der Waals surface area contributed by atoms with Gasteiger partial charge in [0.15, 0.2) is 0 Å². The number of halogens is 3. The van der Waals surface area contributed by atoms with Crippen molar-refractivity contribution in [1.82, 2.24) is 10.2 Å². The minimum atomic E-state index is -0.671. The number of nitrogens with one attached hydrogen (secondary N) is 1. The fraction of sp³-hybridized carbons (Fsp3) is 0.391. The summed E-state index contributed by atoms with van der Waals surface area (Å²) in [6.45, 7) is 4.61. The number of benzene rings is 2. The van der Waals surface area contributed by atoms with E-state index in [2.05, 4.69) is 5.32 Å². The molecule has 0 saturated carbocycles. The van der Waals surface area contributed by atoms with Crippen molar-refractivity contribution < 1.29 is 14.0 Å². The highest BCUT2D eigenvalue weighted by Gasteiger charge is 2.29. The van der Waals surface area contributed by atoms with Crippen molar-refractivity contribution in [1.29, 1.82) is 0 Å². The summed E-state index contributed by atoms with van der Waals surface area (Å²) < 4.78 is 14.1. The van der Waals surface area contributed by atoms with Gasteiger partial charge >= 0.3 is 0 Å². The van der Waals surface area contributed by atoms with Crippen LogP contribution in [0.15, 0.2) is 42.5 Å². The number of hydrogen-bond donors (Lipinski definition) is 1. The first-order valence-corrected chi connectivity index (χ1v) is 10.9. The minimum absolute atomic E-state index is 0.132. The Bertz CT molecular complexity index is 876. The summed E-state index contributed by atoms with van der Waals surface area (Å²) in [5.74, 6) is -0.989. The molecule has 0 aliphatic rings. The standard InChI is InChI=1S/C23H27Cl2FN2O2/c1-3-5-12-27-23(30)21(4-2)28(15-16-10-11-18(24)19(25)13-16)22(29)14-17-8-6-7-9-20(17)26/h6-11,13,21H,3-5,12,14-15H2,1-2H3,(H,27,30). The van der Waals surface area contributed by atoms with E-state index in [9.17, 15) is 14.0 Å². The molecule has 0 aliphatic heterocycles. The van der Waals surface area contributed by atoms with Gasteiger partial charge in [-0.1, -0.05) is 67.7 Å². The van der Waals surface area contributed by atoms with E-state index in [1.165, 1.54) is 11.0 Å². The second-order valence-corrected chi connectivity index (χ2v) is 7.92. The van der Waals surface area contributed by atoms with E-state index in [0.717, 1.165) is 18.4 Å². The lowest BCUT2D eigenvalue weighted by Crippen LogP contribution is -2.49. The number of hydrogen-bond acceptors (Lipinski definition) is 2. The van der Waals surface area contributed by atoms with Crippen LogP contribution in [0.25, 0.3) is 0 Å². The molecule has 1 N–H and O–H groups in total. The Morgan fingerprint density at radius 2 is 1.83 bits per heavy atom. The Morgan fingerprint density at radius 1 is 1.10 bits per heavy atom. The van der Waals surface area contributed by atoms with Crippen molar-refractivity contribution in [2.45, 2.75) is 52.1 Å². The van der Waals surface area contributed by atoms with Gasteiger partial charge in [-0.15, -0.1) is 0 Å². The quantitative estimate of drug-likeness (QED) is 0.490. The van der Waals surface area contributed by atoms with E-state index >= 15 is 0 Å². The lowest BCUT2D eigenvalue weighted by molar-refractivity contribution is -0.141. The summed E-state index contributed by atoms with van der Waals surface area (Å²) in [7, 11) is 0. The van der Waals surface area contributed by atoms with Crippen LogP contribution in [0.5, 0.6) is 0 Å². The first-order chi connectivity index (χ1) is 14.4. The van der Waals surface area contributed by atoms with Gasteiger partial charge in [0.1, 0.15) is 11.9 Å². The van der Waals surface area contributed by atoms with Gasteiger partial charge in [-0.05, 0) is 42.2 Å². The first kappa shape index (κ1) is 24.2. The molecule has 1 atom stereocenters. The van der Waals surface area contributed by atoms with Gasteiger partial charge < -0.3 is 10.2 Å². The zero-order valence-electron chi connectivity index (χ0n) is 17.3. The predicted octanol–water partition coefficient (Wildman–Crippen LogP) is 5.40. The molecule has 0 bridgehead atoms. The number of unbranched alkanes of at least 4 members (excludes halogenated alkanes) is 1. The van der Waals surface area contributed by atoms with Crippen LogP contribution in [0.2, 0.25) is 10.0 Å². The molecule has 0 spiro atoms. The molecule has 4 nitrogen and oxygen atoms in total. The van der Waals surface area contributed by atoms with Crippen LogP contribution in [0.1, 0.15) is 44.2 Å². The van der Waals surface area contributed by atoms with Crippen LogP contribution >= 0.6 is 23.2 Å². The molecule has 30 heavy (non-hydrogen) atoms. The maximum Gasteiger partial charge on any atom is 0.242 e. The second kappa shape index (κ2) is 11.9. The first-order valence-electron chi connectivity index (χ1n) is 10.1. The SMILES string of the molecule is CCCCNC(=O)C(CC)N(Cc1ccc(Cl)c(Cl)c1)C(=O)Cc1ccccc1F. The highest BCUT2D eigenvalue weighted by molar-refractivity contribution is 6.42. The molecule has 2 rings (SSSR count). The Balaban J connectivity index is 2.29. The van der Waals surface area contributed by atoms with Crippen molar-refractivity contribution in [2.75, 3.05) is 6.54 Å². The third-order valence-corrected chi connectivity index (χ3v) is 5.59. The zero-order chi connectivity index (χ0) is 22.1. The lowest BCUT2D eigenvalue weighted by Gasteiger charge is -2.31. The molecule has 0 heterocycles. The van der Waals surface area contributed by atoms with E-state index < -0.39 is 11.9 Å². The van der Waals surface area contributed by atoms with E-state index in [0.29, 0.717) is 28.6 Å². The van der Waals surface area contributed by atoms with Crippen molar-refractivity contribution in [3.05, 3.63) is 69.5 Å². The Kier molecular flexibility index (Phi) is 9.60. The van der Waals surface area contributed by atoms with Crippen molar-refractivity contribution in [3.8, 4) is 0 Å². The van der Waals surface area contributed by atoms with Crippen molar-refractivity contribution >= 4 is 35.0 Å². The highest BCUT2D eigenvalue weighted by atomic mass is 35.5. The topological polar surface area (TPSA) is 49.4 Å². The van der Waals surface area contributed by atoms with Gasteiger partial charge in [0.2, 0.25) is 11.8 Å². The van der Waals surface area contributed by atoms with E-state index in [1.54, 1.807) is 36.4 Å². The van der Waals surface area contributed by atoms with Gasteiger partial charge in [-0.25, -0.2) is 4.39 Å². The van der Waals surface area contributed by atoms with E-state index in [4.69, 9.17) is 23.2 Å². The number of amides is 2. The molecule has 7 heteroatoms. The summed E-state index contributed by atoms with van der Waals surface area (Å²) in [4.78, 5) is 27.5. The van der Waals surface area contributed by atoms with E-state index in [-0.39, 0.29) is 24.8 Å². The largest absolute Gasteiger partial charge is 0.354 e. The van der Waals surface area contributed by atoms with Crippen molar-refractivity contribution in [2.24, 2.45) is 0 Å². The summed E-state index contributed by atoms with van der Waals surface area (Å²) in [6, 6.07) is 10.6. The molecule has 162 valence electrons. The second-order valence-electron chi connectivity index (χ2n) is 7.11. The maximum absolute atomic E-state index is 14.1. The summed E-state index contributed by atoms with van der Waals surface area (Å²) >= 11 is 12.1. The molecule has 0 radical (unpaired) electrons. The van der Waals surface area contributed by atoms with Crippen LogP contribution in [-0.2, 0) is 22.6 Å². The smallest absolute Gasteiger partial charge is 0.242 e. The number of nitrogens with zero attached hydrogens (tertiary/aromatic N) is 1. The predicted molar refractivity (Wildman–Crippen MR) is 119 cm³/mol. The molecule has 2 aromatic carbocycles. The monoisotopic (exact) mass is 452 g/mol. The fourth-order valence-corrected chi connectivity index (χ4v) is 3.49. The highest BCUT2D eigenvalue weighted by Crippen LogP contribution is 2.24. The molecular formula is C23H27Cl2FN2O2. The van der Waals surface area contributed by atoms with Crippen LogP contribution in [0, 0.1) is 5.82 Å². The number of carbonyl (C=O) groups excluding carboxylic acids is 2. The summed E-state index contributed by atoms with van der Waals surface area (Å²) in [6.07, 6.45) is 2.11. The zero-order valence-corrected chi connectivity index (χ0v) is 18.8.